The van der Waals surface area contributed by atoms with Crippen molar-refractivity contribution in [1.82, 2.24) is 14.8 Å². The van der Waals surface area contributed by atoms with E-state index in [9.17, 15) is 14.9 Å². The minimum Gasteiger partial charge on any atom is -0.397 e. The summed E-state index contributed by atoms with van der Waals surface area (Å²) in [5.41, 5.74) is 10.3. The van der Waals surface area contributed by atoms with Gasteiger partial charge in [0, 0.05) is 56.0 Å². The normalized spacial score (nSPS) is 16.5. The molecule has 0 bridgehead atoms. The molecular formula is C29H30N6O2. The molecule has 0 radical (unpaired) electrons. The minimum absolute atomic E-state index is 0.258. The summed E-state index contributed by atoms with van der Waals surface area (Å²) >= 11 is 0. The zero-order valence-electron chi connectivity index (χ0n) is 20.7. The van der Waals surface area contributed by atoms with Crippen LogP contribution in [-0.2, 0) is 11.3 Å². The number of nitrogens with one attached hydrogen (secondary N) is 1. The number of carbonyl (C=O) groups is 2. The Kier molecular flexibility index (Phi) is 7.15. The molecule has 0 spiro atoms. The zero-order valence-corrected chi connectivity index (χ0v) is 20.7. The van der Waals surface area contributed by atoms with E-state index in [0.717, 1.165) is 56.6 Å². The first-order valence-corrected chi connectivity index (χ1v) is 12.7. The number of hydrogen-bond donors (Lipinski definition) is 2. The molecule has 3 N–H and O–H groups in total. The third kappa shape index (κ3) is 5.47. The third-order valence-corrected chi connectivity index (χ3v) is 7.21. The van der Waals surface area contributed by atoms with E-state index in [1.165, 1.54) is 0 Å². The molecular weight excluding hydrogens is 464 g/mol. The Morgan fingerprint density at radius 3 is 2.54 bits per heavy atom. The van der Waals surface area contributed by atoms with Gasteiger partial charge in [0.05, 0.1) is 22.6 Å². The van der Waals surface area contributed by atoms with Crippen LogP contribution in [0.1, 0.15) is 47.2 Å². The molecule has 0 unspecified atom stereocenters. The van der Waals surface area contributed by atoms with Crippen molar-refractivity contribution >= 4 is 23.2 Å². The number of nitrogen functional groups attached to an aromatic ring is 1. The lowest BCUT2D eigenvalue weighted by Crippen LogP contribution is -2.45. The topological polar surface area (TPSA) is 115 Å². The second-order valence-corrected chi connectivity index (χ2v) is 9.67. The van der Waals surface area contributed by atoms with Crippen LogP contribution in [0.15, 0.2) is 60.8 Å². The van der Waals surface area contributed by atoms with E-state index in [4.69, 9.17) is 5.73 Å². The number of aromatic nitrogens is 1. The molecule has 8 nitrogen and oxygen atoms in total. The van der Waals surface area contributed by atoms with E-state index < -0.39 is 0 Å². The van der Waals surface area contributed by atoms with E-state index >= 15 is 0 Å². The monoisotopic (exact) mass is 494 g/mol. The smallest absolute Gasteiger partial charge is 0.255 e. The van der Waals surface area contributed by atoms with Crippen LogP contribution in [0.3, 0.4) is 0 Å². The van der Waals surface area contributed by atoms with Crippen LogP contribution in [0.4, 0.5) is 11.4 Å². The molecule has 1 aromatic heterocycles. The van der Waals surface area contributed by atoms with Gasteiger partial charge < -0.3 is 16.0 Å². The summed E-state index contributed by atoms with van der Waals surface area (Å²) in [7, 11) is 0. The second-order valence-electron chi connectivity index (χ2n) is 9.67. The van der Waals surface area contributed by atoms with E-state index in [1.54, 1.807) is 36.4 Å². The fraction of sp³-hybridized carbons (Fsp3) is 0.310. The molecule has 0 saturated carbocycles. The number of para-hydroxylation sites is 2. The van der Waals surface area contributed by atoms with Gasteiger partial charge in [-0.15, -0.1) is 0 Å². The van der Waals surface area contributed by atoms with Crippen LogP contribution in [-0.4, -0.2) is 52.3 Å². The van der Waals surface area contributed by atoms with Crippen molar-refractivity contribution in [2.45, 2.75) is 38.3 Å². The van der Waals surface area contributed by atoms with Gasteiger partial charge in [0.15, 0.2) is 0 Å². The Balaban J connectivity index is 1.22. The molecule has 3 heterocycles. The number of anilines is 2. The Bertz CT molecular complexity index is 1340. The fourth-order valence-electron chi connectivity index (χ4n) is 5.20. The van der Waals surface area contributed by atoms with Gasteiger partial charge in [-0.05, 0) is 55.2 Å². The van der Waals surface area contributed by atoms with Gasteiger partial charge in [-0.2, -0.15) is 5.26 Å². The average Bonchev–Trinajstić information content (AvgIpc) is 3.36. The summed E-state index contributed by atoms with van der Waals surface area (Å²) in [6.07, 6.45) is 5.46. The molecule has 5 rings (SSSR count). The fourth-order valence-corrected chi connectivity index (χ4v) is 5.20. The quantitative estimate of drug-likeness (QED) is 0.500. The minimum atomic E-state index is -0.258. The Labute approximate surface area is 216 Å². The van der Waals surface area contributed by atoms with Gasteiger partial charge in [0.2, 0.25) is 5.91 Å². The number of benzene rings is 2. The summed E-state index contributed by atoms with van der Waals surface area (Å²) in [6.45, 7) is 3.48. The van der Waals surface area contributed by atoms with Crippen molar-refractivity contribution in [3.8, 4) is 17.3 Å². The predicted molar refractivity (Wildman–Crippen MR) is 142 cm³/mol. The van der Waals surface area contributed by atoms with Crippen LogP contribution in [0, 0.1) is 11.3 Å². The van der Waals surface area contributed by atoms with Gasteiger partial charge in [-0.25, -0.2) is 0 Å². The molecule has 3 aromatic rings. The van der Waals surface area contributed by atoms with Gasteiger partial charge in [-0.3, -0.25) is 19.5 Å². The Hall–Kier alpha value is -4.22. The van der Waals surface area contributed by atoms with E-state index in [2.05, 4.69) is 26.2 Å². The molecule has 37 heavy (non-hydrogen) atoms. The number of amides is 2. The van der Waals surface area contributed by atoms with Crippen molar-refractivity contribution in [3.05, 3.63) is 77.5 Å². The number of piperidine rings is 1. The molecule has 2 aliphatic heterocycles. The number of nitrogens with two attached hydrogens (primary N) is 1. The van der Waals surface area contributed by atoms with Crippen LogP contribution >= 0.6 is 0 Å². The summed E-state index contributed by atoms with van der Waals surface area (Å²) < 4.78 is 0. The number of nitriles is 1. The number of likely N-dealkylation sites (tertiary alicyclic amines) is 2. The van der Waals surface area contributed by atoms with Crippen molar-refractivity contribution in [2.75, 3.05) is 30.7 Å². The molecule has 2 saturated heterocycles. The summed E-state index contributed by atoms with van der Waals surface area (Å²) in [4.78, 5) is 33.7. The molecule has 8 heteroatoms. The van der Waals surface area contributed by atoms with Crippen molar-refractivity contribution in [2.24, 2.45) is 0 Å². The lowest BCUT2D eigenvalue weighted by atomic mass is 10.0. The zero-order chi connectivity index (χ0) is 25.8. The maximum absolute atomic E-state index is 12.6. The molecule has 2 aliphatic rings. The number of nitrogens with zero attached hydrogens (tertiary/aromatic N) is 4. The highest BCUT2D eigenvalue weighted by Gasteiger charge is 2.30. The van der Waals surface area contributed by atoms with Crippen LogP contribution in [0.5, 0.6) is 0 Å². The van der Waals surface area contributed by atoms with E-state index in [-0.39, 0.29) is 5.91 Å². The van der Waals surface area contributed by atoms with Gasteiger partial charge in [-0.1, -0.05) is 24.3 Å². The van der Waals surface area contributed by atoms with Crippen LogP contribution < -0.4 is 11.1 Å². The molecule has 2 fully saturated rings. The van der Waals surface area contributed by atoms with Gasteiger partial charge >= 0.3 is 0 Å². The van der Waals surface area contributed by atoms with E-state index in [1.807, 2.05) is 24.4 Å². The number of hydrogen-bond acceptors (Lipinski definition) is 6. The largest absolute Gasteiger partial charge is 0.397 e. The predicted octanol–water partition coefficient (Wildman–Crippen LogP) is 4.04. The molecule has 2 aromatic carbocycles. The maximum atomic E-state index is 12.6. The van der Waals surface area contributed by atoms with Crippen molar-refractivity contribution in [1.29, 1.82) is 5.26 Å². The number of carbonyl (C=O) groups excluding carboxylic acids is 2. The van der Waals surface area contributed by atoms with E-state index in [0.29, 0.717) is 46.6 Å². The Morgan fingerprint density at radius 2 is 1.86 bits per heavy atom. The molecule has 188 valence electrons. The lowest BCUT2D eigenvalue weighted by Gasteiger charge is -2.36. The first kappa shape index (κ1) is 24.5. The highest BCUT2D eigenvalue weighted by atomic mass is 16.2. The van der Waals surface area contributed by atoms with Crippen LogP contribution in [0.25, 0.3) is 11.3 Å². The number of rotatable bonds is 6. The second kappa shape index (κ2) is 10.8. The first-order valence-electron chi connectivity index (χ1n) is 12.7. The molecule has 2 amide bonds. The maximum Gasteiger partial charge on any atom is 0.255 e. The molecule has 0 atom stereocenters. The highest BCUT2D eigenvalue weighted by Crippen LogP contribution is 2.26. The summed E-state index contributed by atoms with van der Waals surface area (Å²) in [5.74, 6) is 0.0394. The average molecular weight is 495 g/mol. The SMILES string of the molecule is N#Cc1cc(CN2CCC(N3CCCC3=O)CC2)cnc1-c1ccc(C(=O)Nc2ccccc2N)cc1. The summed E-state index contributed by atoms with van der Waals surface area (Å²) in [5, 5.41) is 12.6. The third-order valence-electron chi connectivity index (χ3n) is 7.21. The molecule has 0 aliphatic carbocycles. The lowest BCUT2D eigenvalue weighted by molar-refractivity contribution is -0.130. The standard InChI is InChI=1S/C29H30N6O2/c30-17-23-16-20(19-34-14-11-24(12-15-34)35-13-3-6-27(35)36)18-32-28(23)21-7-9-22(10-8-21)29(37)33-26-5-2-1-4-25(26)31/h1-2,4-5,7-10,16,18,24H,3,6,11-15,19,31H2,(H,33,37). The van der Waals surface area contributed by atoms with Gasteiger partial charge in [0.25, 0.3) is 5.91 Å². The number of pyridine rings is 1. The van der Waals surface area contributed by atoms with Crippen molar-refractivity contribution < 1.29 is 9.59 Å². The van der Waals surface area contributed by atoms with Gasteiger partial charge in [0.1, 0.15) is 6.07 Å². The van der Waals surface area contributed by atoms with Crippen LogP contribution in [0.2, 0.25) is 0 Å². The first-order chi connectivity index (χ1) is 18.0. The highest BCUT2D eigenvalue weighted by molar-refractivity contribution is 6.05. The summed E-state index contributed by atoms with van der Waals surface area (Å²) in [6, 6.07) is 18.7. The van der Waals surface area contributed by atoms with Crippen molar-refractivity contribution in [3.63, 3.8) is 0 Å². The Morgan fingerprint density at radius 1 is 1.11 bits per heavy atom.